The summed E-state index contributed by atoms with van der Waals surface area (Å²) in [7, 11) is 0. The molecule has 1 aliphatic rings. The average molecular weight is 387 g/mol. The molecule has 2 aromatic carbocycles. The summed E-state index contributed by atoms with van der Waals surface area (Å²) in [5, 5.41) is 18.5. The van der Waals surface area contributed by atoms with Gasteiger partial charge in [0, 0.05) is 17.7 Å². The van der Waals surface area contributed by atoms with Crippen LogP contribution < -0.4 is 10.1 Å². The van der Waals surface area contributed by atoms with Gasteiger partial charge < -0.3 is 10.1 Å². The maximum atomic E-state index is 12.8. The predicted molar refractivity (Wildman–Crippen MR) is 95.3 cm³/mol. The highest BCUT2D eigenvalue weighted by Gasteiger charge is 2.32. The van der Waals surface area contributed by atoms with E-state index in [2.05, 4.69) is 20.1 Å². The number of nitrogens with one attached hydrogen (secondary N) is 1. The highest BCUT2D eigenvalue weighted by Crippen LogP contribution is 2.41. The van der Waals surface area contributed by atoms with Gasteiger partial charge in [-0.15, -0.1) is 0 Å². The lowest BCUT2D eigenvalue weighted by Crippen LogP contribution is -2.28. The molecule has 28 heavy (non-hydrogen) atoms. The van der Waals surface area contributed by atoms with Crippen molar-refractivity contribution in [2.24, 2.45) is 0 Å². The zero-order valence-electron chi connectivity index (χ0n) is 14.4. The van der Waals surface area contributed by atoms with Crippen LogP contribution in [0.1, 0.15) is 29.6 Å². The number of nitrogens with zero attached hydrogens (tertiary/aromatic N) is 4. The molecule has 0 saturated heterocycles. The van der Waals surface area contributed by atoms with E-state index in [4.69, 9.17) is 0 Å². The highest BCUT2D eigenvalue weighted by molar-refractivity contribution is 5.44. The minimum Gasteiger partial charge on any atom is -0.434 e. The van der Waals surface area contributed by atoms with Crippen molar-refractivity contribution in [3.63, 3.8) is 0 Å². The third kappa shape index (κ3) is 3.36. The van der Waals surface area contributed by atoms with Gasteiger partial charge in [0.15, 0.2) is 0 Å². The first kappa shape index (κ1) is 17.8. The first-order chi connectivity index (χ1) is 13.5. The van der Waals surface area contributed by atoms with Crippen LogP contribution in [0.3, 0.4) is 0 Å². The van der Waals surface area contributed by atoms with Gasteiger partial charge in [-0.1, -0.05) is 30.3 Å². The van der Waals surface area contributed by atoms with Crippen LogP contribution in [0.15, 0.2) is 54.9 Å². The number of anilines is 1. The Morgan fingerprint density at radius 3 is 2.86 bits per heavy atom. The van der Waals surface area contributed by atoms with E-state index < -0.39 is 17.6 Å². The Bertz CT molecular complexity index is 1010. The number of fused-ring (bicyclic) bond motifs is 1. The maximum absolute atomic E-state index is 12.8. The Morgan fingerprint density at radius 2 is 2.07 bits per heavy atom. The minimum absolute atomic E-state index is 0.0238. The van der Waals surface area contributed by atoms with Gasteiger partial charge in [0.25, 0.3) is 5.69 Å². The molecule has 0 radical (unpaired) electrons. The van der Waals surface area contributed by atoms with E-state index in [9.17, 15) is 18.9 Å². The summed E-state index contributed by atoms with van der Waals surface area (Å²) in [5.74, 6) is 0.503. The lowest BCUT2D eigenvalue weighted by molar-refractivity contribution is -0.384. The molecule has 0 saturated carbocycles. The number of aromatic nitrogens is 3. The molecule has 0 aliphatic carbocycles. The van der Waals surface area contributed by atoms with Crippen LogP contribution >= 0.6 is 0 Å². The molecule has 2 atom stereocenters. The molecule has 1 N–H and O–H groups in total. The van der Waals surface area contributed by atoms with Crippen LogP contribution in [-0.2, 0) is 0 Å². The number of nitro groups is 1. The zero-order valence-corrected chi connectivity index (χ0v) is 14.4. The van der Waals surface area contributed by atoms with Crippen LogP contribution in [0.2, 0.25) is 0 Å². The Morgan fingerprint density at radius 1 is 1.25 bits per heavy atom. The molecular weight excluding hydrogens is 372 g/mol. The summed E-state index contributed by atoms with van der Waals surface area (Å²) in [6, 6.07) is 12.1. The molecule has 4 rings (SSSR count). The Kier molecular flexibility index (Phi) is 4.60. The third-order valence-corrected chi connectivity index (χ3v) is 4.61. The molecule has 10 heteroatoms. The quantitative estimate of drug-likeness (QED) is 0.526. The van der Waals surface area contributed by atoms with E-state index in [1.54, 1.807) is 35.0 Å². The van der Waals surface area contributed by atoms with Crippen molar-refractivity contribution >= 4 is 11.6 Å². The number of para-hydroxylation sites is 1. The molecule has 0 bridgehead atoms. The van der Waals surface area contributed by atoms with Crippen molar-refractivity contribution in [3.8, 4) is 5.75 Å². The third-order valence-electron chi connectivity index (χ3n) is 4.61. The lowest BCUT2D eigenvalue weighted by atomic mass is 9.92. The fraction of sp³-hybridized carbons (Fsp3) is 0.222. The van der Waals surface area contributed by atoms with Gasteiger partial charge in [0.1, 0.15) is 12.1 Å². The van der Waals surface area contributed by atoms with Gasteiger partial charge in [-0.25, -0.2) is 4.68 Å². The monoisotopic (exact) mass is 387 g/mol. The average Bonchev–Trinajstić information content (AvgIpc) is 3.16. The van der Waals surface area contributed by atoms with Crippen LogP contribution in [0, 0.1) is 10.1 Å². The summed E-state index contributed by atoms with van der Waals surface area (Å²) in [6.45, 7) is -2.95. The fourth-order valence-electron chi connectivity index (χ4n) is 3.41. The van der Waals surface area contributed by atoms with E-state index in [-0.39, 0.29) is 17.5 Å². The number of rotatable bonds is 5. The first-order valence-electron chi connectivity index (χ1n) is 8.47. The summed E-state index contributed by atoms with van der Waals surface area (Å²) in [5.41, 5.74) is 1.21. The van der Waals surface area contributed by atoms with Crippen LogP contribution in [-0.4, -0.2) is 26.3 Å². The number of hydrogen-bond donors (Lipinski definition) is 1. The van der Waals surface area contributed by atoms with E-state index in [0.29, 0.717) is 23.5 Å². The van der Waals surface area contributed by atoms with Crippen molar-refractivity contribution in [1.29, 1.82) is 0 Å². The van der Waals surface area contributed by atoms with Crippen molar-refractivity contribution in [2.75, 3.05) is 5.32 Å². The molecule has 1 aromatic heterocycles. The zero-order chi connectivity index (χ0) is 19.7. The van der Waals surface area contributed by atoms with Crippen molar-refractivity contribution in [2.45, 2.75) is 25.1 Å². The number of halogens is 2. The van der Waals surface area contributed by atoms with E-state index in [0.717, 1.165) is 0 Å². The molecular formula is C18H15F2N5O3. The number of nitro benzene ring substituents is 1. The molecule has 2 heterocycles. The number of benzene rings is 2. The van der Waals surface area contributed by atoms with Gasteiger partial charge in [-0.05, 0) is 18.1 Å². The lowest BCUT2D eigenvalue weighted by Gasteiger charge is -2.32. The molecule has 3 aromatic rings. The largest absolute Gasteiger partial charge is 0.434 e. The molecule has 1 aliphatic heterocycles. The summed E-state index contributed by atoms with van der Waals surface area (Å²) in [4.78, 5) is 14.8. The molecule has 144 valence electrons. The molecule has 0 fully saturated rings. The first-order valence-corrected chi connectivity index (χ1v) is 8.47. The van der Waals surface area contributed by atoms with Gasteiger partial charge in [-0.2, -0.15) is 18.9 Å². The van der Waals surface area contributed by atoms with Crippen LogP contribution in [0.5, 0.6) is 5.75 Å². The smallest absolute Gasteiger partial charge is 0.387 e. The van der Waals surface area contributed by atoms with Crippen molar-refractivity contribution in [1.82, 2.24) is 14.8 Å². The summed E-state index contributed by atoms with van der Waals surface area (Å²) < 4.78 is 31.9. The number of ether oxygens (including phenoxy) is 1. The van der Waals surface area contributed by atoms with E-state index in [1.807, 2.05) is 0 Å². The number of non-ortho nitro benzene ring substituents is 1. The second-order valence-electron chi connectivity index (χ2n) is 6.25. The normalized spacial score (nSPS) is 18.4. The second-order valence-corrected chi connectivity index (χ2v) is 6.25. The predicted octanol–water partition coefficient (Wildman–Crippen LogP) is 3.93. The van der Waals surface area contributed by atoms with Crippen LogP contribution in [0.25, 0.3) is 0 Å². The highest BCUT2D eigenvalue weighted by atomic mass is 19.3. The Hall–Kier alpha value is -3.56. The summed E-state index contributed by atoms with van der Waals surface area (Å²) >= 11 is 0. The maximum Gasteiger partial charge on any atom is 0.387 e. The molecule has 8 nitrogen and oxygen atoms in total. The molecule has 0 unspecified atom stereocenters. The van der Waals surface area contributed by atoms with Gasteiger partial charge in [0.05, 0.1) is 17.0 Å². The van der Waals surface area contributed by atoms with Gasteiger partial charge in [-0.3, -0.25) is 10.1 Å². The SMILES string of the molecule is O=[N+]([O-])c1cccc([C@@H]2C[C@H](c3ccccc3OC(F)F)n3ncnc3N2)c1. The second kappa shape index (κ2) is 7.22. The van der Waals surface area contributed by atoms with Crippen molar-refractivity contribution in [3.05, 3.63) is 76.1 Å². The number of alkyl halides is 2. The van der Waals surface area contributed by atoms with Crippen molar-refractivity contribution < 1.29 is 18.4 Å². The topological polar surface area (TPSA) is 95.1 Å². The fourth-order valence-corrected chi connectivity index (χ4v) is 3.41. The van der Waals surface area contributed by atoms with Gasteiger partial charge in [0.2, 0.25) is 5.95 Å². The summed E-state index contributed by atoms with van der Waals surface area (Å²) in [6.07, 6.45) is 1.78. The molecule has 0 amide bonds. The molecule has 0 spiro atoms. The minimum atomic E-state index is -2.95. The van der Waals surface area contributed by atoms with E-state index >= 15 is 0 Å². The number of hydrogen-bond acceptors (Lipinski definition) is 6. The Labute approximate surface area is 157 Å². The van der Waals surface area contributed by atoms with Gasteiger partial charge >= 0.3 is 6.61 Å². The van der Waals surface area contributed by atoms with Crippen LogP contribution in [0.4, 0.5) is 20.4 Å². The van der Waals surface area contributed by atoms with E-state index in [1.165, 1.54) is 24.5 Å². The Balaban J connectivity index is 1.74. The standard InChI is InChI=1S/C18H15F2N5O3/c19-17(20)28-16-7-2-1-6-13(16)15-9-14(23-18-21-10-22-24(15)18)11-4-3-5-12(8-11)25(26)27/h1-8,10,14-15,17H,9H2,(H,21,22,23)/t14-,15+/m0/s1.